The van der Waals surface area contributed by atoms with Crippen LogP contribution in [0.25, 0.3) is 0 Å². The lowest BCUT2D eigenvalue weighted by Gasteiger charge is -2.31. The number of halogens is 4. The van der Waals surface area contributed by atoms with E-state index in [1.807, 2.05) is 24.3 Å². The van der Waals surface area contributed by atoms with E-state index in [1.165, 1.54) is 21.6 Å². The summed E-state index contributed by atoms with van der Waals surface area (Å²) in [7, 11) is 0. The molecule has 2 aliphatic rings. The van der Waals surface area contributed by atoms with Gasteiger partial charge in [-0.3, -0.25) is 23.7 Å². The Morgan fingerprint density at radius 1 is 0.957 bits per heavy atom. The van der Waals surface area contributed by atoms with Crippen molar-refractivity contribution in [3.8, 4) is 0 Å². The minimum atomic E-state index is -4.59. The van der Waals surface area contributed by atoms with Crippen molar-refractivity contribution in [1.29, 1.82) is 0 Å². The number of amides is 3. The average Bonchev–Trinajstić information content (AvgIpc) is 3.48. The molecule has 0 aliphatic carbocycles. The van der Waals surface area contributed by atoms with Gasteiger partial charge in [-0.05, 0) is 74.0 Å². The summed E-state index contributed by atoms with van der Waals surface area (Å²) < 4.78 is 41.7. The van der Waals surface area contributed by atoms with Gasteiger partial charge in [0.05, 0.1) is 22.2 Å². The Bertz CT molecular complexity index is 1910. The van der Waals surface area contributed by atoms with Gasteiger partial charge in [-0.2, -0.15) is 13.2 Å². The van der Waals surface area contributed by atoms with Gasteiger partial charge in [-0.25, -0.2) is 4.90 Å². The van der Waals surface area contributed by atoms with Crippen LogP contribution >= 0.6 is 39.0 Å². The summed E-state index contributed by atoms with van der Waals surface area (Å²) in [6, 6.07) is 18.8. The molecule has 2 aliphatic heterocycles. The number of aromatic nitrogens is 1. The van der Waals surface area contributed by atoms with E-state index in [-0.39, 0.29) is 11.6 Å². The number of anilines is 3. The maximum atomic E-state index is 14.1. The second-order valence-electron chi connectivity index (χ2n) is 11.0. The first kappa shape index (κ1) is 33.0. The first-order chi connectivity index (χ1) is 22.4. The Balaban J connectivity index is 1.39. The van der Waals surface area contributed by atoms with Gasteiger partial charge in [0, 0.05) is 39.7 Å². The Labute approximate surface area is 284 Å². The smallest absolute Gasteiger partial charge is 0.372 e. The second kappa shape index (κ2) is 13.0. The molecule has 1 N–H and O–H groups in total. The van der Waals surface area contributed by atoms with Crippen LogP contribution in [0.2, 0.25) is 0 Å². The van der Waals surface area contributed by atoms with Crippen molar-refractivity contribution in [3.63, 3.8) is 0 Å². The maximum Gasteiger partial charge on any atom is 0.416 e. The third kappa shape index (κ3) is 6.25. The lowest BCUT2D eigenvalue weighted by Crippen LogP contribution is -2.33. The van der Waals surface area contributed by atoms with Crippen molar-refractivity contribution < 1.29 is 27.6 Å². The van der Waals surface area contributed by atoms with Crippen LogP contribution < -0.4 is 20.0 Å². The fourth-order valence-electron chi connectivity index (χ4n) is 6.06. The molecule has 1 aromatic heterocycles. The Morgan fingerprint density at radius 2 is 1.64 bits per heavy atom. The molecule has 3 heterocycles. The van der Waals surface area contributed by atoms with E-state index in [0.29, 0.717) is 15.6 Å². The molecule has 2 unspecified atom stereocenters. The van der Waals surface area contributed by atoms with E-state index in [0.717, 1.165) is 64.0 Å². The molecule has 0 radical (unpaired) electrons. The van der Waals surface area contributed by atoms with E-state index >= 15 is 0 Å². The van der Waals surface area contributed by atoms with Crippen LogP contribution in [0, 0.1) is 5.92 Å². The van der Waals surface area contributed by atoms with Gasteiger partial charge in [-0.15, -0.1) is 0 Å². The number of carbonyl (C=O) groups is 3. The Morgan fingerprint density at radius 3 is 2.28 bits per heavy atom. The predicted octanol–water partition coefficient (Wildman–Crippen LogP) is 6.97. The van der Waals surface area contributed by atoms with Crippen LogP contribution in [-0.2, 0) is 27.1 Å². The van der Waals surface area contributed by atoms with Gasteiger partial charge in [0.25, 0.3) is 0 Å². The molecule has 0 saturated carbocycles. The molecule has 4 aromatic rings. The van der Waals surface area contributed by atoms with E-state index in [1.54, 1.807) is 24.3 Å². The summed E-state index contributed by atoms with van der Waals surface area (Å²) in [5.41, 5.74) is 1.18. The topological polar surface area (TPSA) is 91.7 Å². The zero-order valence-corrected chi connectivity index (χ0v) is 28.3. The number of imide groups is 1. The highest BCUT2D eigenvalue weighted by molar-refractivity contribution is 9.10. The highest BCUT2D eigenvalue weighted by atomic mass is 79.9. The minimum Gasteiger partial charge on any atom is -0.372 e. The number of nitrogens with one attached hydrogen (secondary N) is 1. The molecular formula is C33H28BrF3N4O4S2. The number of hydrogen-bond donors (Lipinski definition) is 1. The van der Waals surface area contributed by atoms with Gasteiger partial charge in [0.15, 0.2) is 0 Å². The van der Waals surface area contributed by atoms with Gasteiger partial charge in [0.1, 0.15) is 11.8 Å². The molecule has 47 heavy (non-hydrogen) atoms. The fourth-order valence-corrected chi connectivity index (χ4v) is 9.10. The second-order valence-corrected chi connectivity index (χ2v) is 14.1. The number of thioether (sulfide) groups is 1. The van der Waals surface area contributed by atoms with Gasteiger partial charge >= 0.3 is 11.0 Å². The number of alkyl halides is 3. The predicted molar refractivity (Wildman–Crippen MR) is 180 cm³/mol. The molecule has 8 nitrogen and oxygen atoms in total. The SMILES string of the molecule is CCN(CC)c1ccc([C@H]2c3sc(=O)n(CC(=O)Nc4cccc(C(F)(F)F)c4)c3SC3C(=O)N(c4ccc(Br)cc4)C(=O)C32)cc1. The van der Waals surface area contributed by atoms with E-state index in [9.17, 15) is 32.3 Å². The van der Waals surface area contributed by atoms with E-state index in [2.05, 4.69) is 40.0 Å². The van der Waals surface area contributed by atoms with Crippen molar-refractivity contribution >= 4 is 73.8 Å². The average molecular weight is 746 g/mol. The molecule has 244 valence electrons. The van der Waals surface area contributed by atoms with Crippen LogP contribution in [0.3, 0.4) is 0 Å². The first-order valence-corrected chi connectivity index (χ1v) is 17.3. The standard InChI is InChI=1S/C33H28BrF3N4O4S2/c1-3-39(4-2)22-12-8-18(9-13-22)25-26-27(30(44)41(29(26)43)23-14-10-20(34)11-15-23)46-31-28(25)47-32(45)40(31)17-24(42)38-21-7-5-6-19(16-21)33(35,36)37/h5-16,25-27H,3-4,17H2,1-2H3,(H,38,42)/t25-,26?,27?/m1/s1. The minimum absolute atomic E-state index is 0.0671. The summed E-state index contributed by atoms with van der Waals surface area (Å²) in [4.78, 5) is 58.0. The van der Waals surface area contributed by atoms with Gasteiger partial charge in [-0.1, -0.05) is 57.2 Å². The third-order valence-corrected chi connectivity index (χ3v) is 11.4. The molecule has 1 saturated heterocycles. The molecule has 1 fully saturated rings. The molecule has 0 bridgehead atoms. The number of carbonyl (C=O) groups excluding carboxylic acids is 3. The molecule has 14 heteroatoms. The quantitative estimate of drug-likeness (QED) is 0.196. The van der Waals surface area contributed by atoms with E-state index < -0.39 is 52.1 Å². The lowest BCUT2D eigenvalue weighted by molar-refractivity contribution is -0.137. The number of fused-ring (bicyclic) bond motifs is 2. The Kier molecular flexibility index (Phi) is 9.11. The first-order valence-electron chi connectivity index (χ1n) is 14.8. The third-order valence-electron chi connectivity index (χ3n) is 8.29. The molecule has 3 amide bonds. The van der Waals surface area contributed by atoms with Crippen LogP contribution in [0.4, 0.5) is 30.2 Å². The summed E-state index contributed by atoms with van der Waals surface area (Å²) in [6.45, 7) is 5.21. The van der Waals surface area contributed by atoms with Crippen molar-refractivity contribution in [2.24, 2.45) is 5.92 Å². The maximum absolute atomic E-state index is 14.1. The Hall–Kier alpha value is -3.88. The van der Waals surface area contributed by atoms with Gasteiger partial charge in [0.2, 0.25) is 17.7 Å². The number of benzene rings is 3. The van der Waals surface area contributed by atoms with Crippen molar-refractivity contribution in [1.82, 2.24) is 4.57 Å². The number of hydrogen-bond acceptors (Lipinski definition) is 7. The monoisotopic (exact) mass is 744 g/mol. The van der Waals surface area contributed by atoms with Gasteiger partial charge < -0.3 is 10.2 Å². The summed E-state index contributed by atoms with van der Waals surface area (Å²) in [5.74, 6) is -2.98. The highest BCUT2D eigenvalue weighted by Crippen LogP contribution is 2.54. The van der Waals surface area contributed by atoms with Crippen LogP contribution in [-0.4, -0.2) is 40.6 Å². The zero-order chi connectivity index (χ0) is 33.6. The molecule has 3 atom stereocenters. The van der Waals surface area contributed by atoms with Crippen LogP contribution in [0.5, 0.6) is 0 Å². The normalized spacial score (nSPS) is 19.0. The van der Waals surface area contributed by atoms with Crippen LogP contribution in [0.1, 0.15) is 35.8 Å². The van der Waals surface area contributed by atoms with E-state index in [4.69, 9.17) is 0 Å². The molecule has 3 aromatic carbocycles. The van der Waals surface area contributed by atoms with Crippen molar-refractivity contribution in [2.45, 2.75) is 42.8 Å². The fraction of sp³-hybridized carbons (Fsp3) is 0.273. The molecule has 0 spiro atoms. The summed E-state index contributed by atoms with van der Waals surface area (Å²) >= 11 is 5.36. The number of rotatable bonds is 8. The van der Waals surface area contributed by atoms with Crippen molar-refractivity contribution in [3.05, 3.63) is 103 Å². The summed E-state index contributed by atoms with van der Waals surface area (Å²) in [5, 5.41) is 1.96. The summed E-state index contributed by atoms with van der Waals surface area (Å²) in [6.07, 6.45) is -4.59. The molecular weight excluding hydrogens is 717 g/mol. The largest absolute Gasteiger partial charge is 0.416 e. The van der Waals surface area contributed by atoms with Crippen LogP contribution in [0.15, 0.2) is 87.1 Å². The number of nitrogens with zero attached hydrogens (tertiary/aromatic N) is 3. The zero-order valence-electron chi connectivity index (χ0n) is 25.1. The lowest BCUT2D eigenvalue weighted by atomic mass is 9.83. The highest BCUT2D eigenvalue weighted by Gasteiger charge is 2.56. The van der Waals surface area contributed by atoms with Crippen molar-refractivity contribution in [2.75, 3.05) is 28.2 Å². The molecule has 6 rings (SSSR count). The number of thiazole rings is 1.